The summed E-state index contributed by atoms with van der Waals surface area (Å²) in [5.74, 6) is -2.70. The number of hydrogen-bond donors (Lipinski definition) is 2. The zero-order valence-electron chi connectivity index (χ0n) is 9.79. The van der Waals surface area contributed by atoms with Crippen LogP contribution in [0.15, 0.2) is 42.0 Å². The lowest BCUT2D eigenvalue weighted by Gasteiger charge is -2.14. The van der Waals surface area contributed by atoms with Gasteiger partial charge in [-0.2, -0.15) is 0 Å². The van der Waals surface area contributed by atoms with E-state index in [1.807, 2.05) is 0 Å². The average Bonchev–Trinajstić information content (AvgIpc) is 2.38. The van der Waals surface area contributed by atoms with Gasteiger partial charge in [0.05, 0.1) is 11.1 Å². The number of carboxylic acid groups (broad SMARTS) is 2. The molecule has 2 rings (SSSR count). The highest BCUT2D eigenvalue weighted by Crippen LogP contribution is 2.29. The Morgan fingerprint density at radius 3 is 2.37 bits per heavy atom. The summed E-state index contributed by atoms with van der Waals surface area (Å²) in [6, 6.07) is 6.11. The fraction of sp³-hybridized carbons (Fsp3) is 0.0714. The number of hydrogen-bond acceptors (Lipinski definition) is 3. The van der Waals surface area contributed by atoms with Crippen LogP contribution in [0.5, 0.6) is 0 Å². The molecule has 0 amide bonds. The molecule has 0 heterocycles. The Bertz CT molecular complexity index is 637. The Morgan fingerprint density at radius 2 is 1.74 bits per heavy atom. The number of rotatable bonds is 3. The highest BCUT2D eigenvalue weighted by atomic mass is 16.4. The van der Waals surface area contributed by atoms with Gasteiger partial charge in [0.1, 0.15) is 0 Å². The summed E-state index contributed by atoms with van der Waals surface area (Å²) >= 11 is 0. The number of ketones is 1. The molecule has 96 valence electrons. The van der Waals surface area contributed by atoms with Crippen LogP contribution in [-0.2, 0) is 9.59 Å². The average molecular weight is 258 g/mol. The molecule has 1 aliphatic rings. The molecular weight excluding hydrogens is 248 g/mol. The largest absolute Gasteiger partial charge is 0.478 e. The van der Waals surface area contributed by atoms with Crippen molar-refractivity contribution in [3.8, 4) is 0 Å². The van der Waals surface area contributed by atoms with Gasteiger partial charge in [0.25, 0.3) is 0 Å². The van der Waals surface area contributed by atoms with Crippen LogP contribution < -0.4 is 0 Å². The Balaban J connectivity index is 2.59. The first-order valence-corrected chi connectivity index (χ1v) is 5.51. The molecule has 0 saturated carbocycles. The van der Waals surface area contributed by atoms with Gasteiger partial charge in [-0.1, -0.05) is 24.3 Å². The molecule has 5 heteroatoms. The Morgan fingerprint density at radius 1 is 1.05 bits per heavy atom. The molecule has 0 aromatic heterocycles. The van der Waals surface area contributed by atoms with Crippen molar-refractivity contribution in [3.05, 3.63) is 53.1 Å². The third-order valence-corrected chi connectivity index (χ3v) is 2.78. The fourth-order valence-electron chi connectivity index (χ4n) is 1.95. The smallest absolute Gasteiger partial charge is 0.336 e. The number of aromatic carboxylic acids is 1. The molecule has 0 aliphatic heterocycles. The van der Waals surface area contributed by atoms with Gasteiger partial charge in [0.2, 0.25) is 0 Å². The lowest BCUT2D eigenvalue weighted by molar-refractivity contribution is -0.132. The predicted molar refractivity (Wildman–Crippen MR) is 66.7 cm³/mol. The summed E-state index contributed by atoms with van der Waals surface area (Å²) in [6.45, 7) is 0. The summed E-state index contributed by atoms with van der Waals surface area (Å²) in [4.78, 5) is 33.6. The quantitative estimate of drug-likeness (QED) is 0.861. The minimum Gasteiger partial charge on any atom is -0.478 e. The van der Waals surface area contributed by atoms with Gasteiger partial charge in [-0.25, -0.2) is 9.59 Å². The standard InChI is InChI=1S/C14H10O5/c15-8-5-6-10(12(7-8)14(18)19)9-3-1-2-4-11(9)13(16)17/h1-4,6-7H,5H2,(H,16,17)(H,18,19). The van der Waals surface area contributed by atoms with E-state index in [0.717, 1.165) is 6.08 Å². The molecule has 0 spiro atoms. The van der Waals surface area contributed by atoms with Crippen LogP contribution in [0.1, 0.15) is 22.3 Å². The van der Waals surface area contributed by atoms with E-state index in [9.17, 15) is 14.4 Å². The van der Waals surface area contributed by atoms with Crippen molar-refractivity contribution in [2.75, 3.05) is 0 Å². The van der Waals surface area contributed by atoms with Crippen molar-refractivity contribution in [2.45, 2.75) is 6.42 Å². The third-order valence-electron chi connectivity index (χ3n) is 2.78. The second-order valence-electron chi connectivity index (χ2n) is 4.00. The van der Waals surface area contributed by atoms with E-state index in [1.165, 1.54) is 18.2 Å². The van der Waals surface area contributed by atoms with Gasteiger partial charge in [-0.3, -0.25) is 4.79 Å². The van der Waals surface area contributed by atoms with Crippen LogP contribution in [-0.4, -0.2) is 27.9 Å². The molecule has 1 aromatic carbocycles. The van der Waals surface area contributed by atoms with Crippen molar-refractivity contribution in [1.29, 1.82) is 0 Å². The SMILES string of the molecule is O=C1C=C(C(=O)O)C(c2ccccc2C(=O)O)=CC1. The fourth-order valence-corrected chi connectivity index (χ4v) is 1.95. The number of carbonyl (C=O) groups excluding carboxylic acids is 1. The van der Waals surface area contributed by atoms with E-state index in [1.54, 1.807) is 12.1 Å². The molecule has 0 unspecified atom stereocenters. The number of carboxylic acids is 2. The monoisotopic (exact) mass is 258 g/mol. The first kappa shape index (κ1) is 12.8. The van der Waals surface area contributed by atoms with Gasteiger partial charge in [0, 0.05) is 6.42 Å². The van der Waals surface area contributed by atoms with E-state index in [0.29, 0.717) is 5.56 Å². The summed E-state index contributed by atoms with van der Waals surface area (Å²) < 4.78 is 0. The van der Waals surface area contributed by atoms with Crippen LogP contribution in [0.4, 0.5) is 0 Å². The van der Waals surface area contributed by atoms with E-state index < -0.39 is 11.9 Å². The van der Waals surface area contributed by atoms with E-state index in [2.05, 4.69) is 0 Å². The second-order valence-corrected chi connectivity index (χ2v) is 4.00. The third kappa shape index (κ3) is 2.44. The molecule has 5 nitrogen and oxygen atoms in total. The highest BCUT2D eigenvalue weighted by molar-refractivity contribution is 6.15. The Labute approximate surface area is 108 Å². The molecule has 19 heavy (non-hydrogen) atoms. The molecule has 0 fully saturated rings. The number of benzene rings is 1. The molecule has 1 aromatic rings. The van der Waals surface area contributed by atoms with Gasteiger partial charge in [0.15, 0.2) is 5.78 Å². The van der Waals surface area contributed by atoms with E-state index in [-0.39, 0.29) is 28.9 Å². The maximum absolute atomic E-state index is 11.3. The highest BCUT2D eigenvalue weighted by Gasteiger charge is 2.23. The molecule has 0 bridgehead atoms. The first-order valence-electron chi connectivity index (χ1n) is 5.51. The van der Waals surface area contributed by atoms with Crippen LogP contribution in [0.3, 0.4) is 0 Å². The lowest BCUT2D eigenvalue weighted by Crippen LogP contribution is -2.12. The van der Waals surface area contributed by atoms with Crippen molar-refractivity contribution >= 4 is 23.3 Å². The van der Waals surface area contributed by atoms with Gasteiger partial charge in [-0.15, -0.1) is 0 Å². The van der Waals surface area contributed by atoms with Crippen LogP contribution in [0.2, 0.25) is 0 Å². The zero-order valence-corrected chi connectivity index (χ0v) is 9.79. The van der Waals surface area contributed by atoms with Crippen molar-refractivity contribution in [1.82, 2.24) is 0 Å². The molecule has 1 aliphatic carbocycles. The van der Waals surface area contributed by atoms with Crippen molar-refractivity contribution < 1.29 is 24.6 Å². The summed E-state index contributed by atoms with van der Waals surface area (Å²) in [6.07, 6.45) is 2.56. The topological polar surface area (TPSA) is 91.7 Å². The maximum Gasteiger partial charge on any atom is 0.336 e. The van der Waals surface area contributed by atoms with E-state index in [4.69, 9.17) is 10.2 Å². The lowest BCUT2D eigenvalue weighted by atomic mass is 9.89. The van der Waals surface area contributed by atoms with Gasteiger partial charge >= 0.3 is 11.9 Å². The van der Waals surface area contributed by atoms with Crippen LogP contribution >= 0.6 is 0 Å². The minimum absolute atomic E-state index is 0.00949. The summed E-state index contributed by atoms with van der Waals surface area (Å²) in [5.41, 5.74) is 0.404. The Hall–Kier alpha value is -2.69. The predicted octanol–water partition coefficient (Wildman–Crippen LogP) is 1.75. The van der Waals surface area contributed by atoms with Gasteiger partial charge < -0.3 is 10.2 Å². The Kier molecular flexibility index (Phi) is 3.29. The number of carbonyl (C=O) groups is 3. The van der Waals surface area contributed by atoms with Crippen LogP contribution in [0, 0.1) is 0 Å². The van der Waals surface area contributed by atoms with E-state index >= 15 is 0 Å². The summed E-state index contributed by atoms with van der Waals surface area (Å²) in [7, 11) is 0. The number of aliphatic carboxylic acids is 1. The number of allylic oxidation sites excluding steroid dienone is 2. The molecule has 0 radical (unpaired) electrons. The molecule has 2 N–H and O–H groups in total. The zero-order chi connectivity index (χ0) is 14.0. The molecule has 0 saturated heterocycles. The first-order chi connectivity index (χ1) is 9.00. The molecule has 0 atom stereocenters. The summed E-state index contributed by atoms with van der Waals surface area (Å²) in [5, 5.41) is 18.2. The van der Waals surface area contributed by atoms with Crippen molar-refractivity contribution in [3.63, 3.8) is 0 Å². The normalized spacial score (nSPS) is 14.6. The van der Waals surface area contributed by atoms with Crippen LogP contribution in [0.25, 0.3) is 5.57 Å². The second kappa shape index (κ2) is 4.89. The maximum atomic E-state index is 11.3. The van der Waals surface area contributed by atoms with Gasteiger partial charge in [-0.05, 0) is 23.3 Å². The molecular formula is C14H10O5. The minimum atomic E-state index is -1.25. The van der Waals surface area contributed by atoms with Crippen molar-refractivity contribution in [2.24, 2.45) is 0 Å².